The number of aliphatic carboxylic acids is 1. The molecule has 2 heterocycles. The smallest absolute Gasteiger partial charge is 0.314 e. The van der Waals surface area contributed by atoms with Crippen LogP contribution >= 0.6 is 0 Å². The average molecular weight is 184 g/mol. The number of hydrogen-bond donors (Lipinski definition) is 3. The molecule has 70 valence electrons. The highest BCUT2D eigenvalue weighted by Crippen LogP contribution is 2.35. The zero-order valence-corrected chi connectivity index (χ0v) is 6.66. The van der Waals surface area contributed by atoms with Crippen LogP contribution in [-0.4, -0.2) is 35.5 Å². The van der Waals surface area contributed by atoms with Crippen LogP contribution in [0.15, 0.2) is 0 Å². The van der Waals surface area contributed by atoms with Gasteiger partial charge in [-0.05, 0) is 0 Å². The maximum atomic E-state index is 11.1. The molecule has 2 aliphatic rings. The van der Waals surface area contributed by atoms with Gasteiger partial charge in [0, 0.05) is 13.0 Å². The Morgan fingerprint density at radius 3 is 2.77 bits per heavy atom. The normalized spacial score (nSPS) is 36.8. The fraction of sp³-hybridized carbons (Fsp3) is 0.571. The van der Waals surface area contributed by atoms with Gasteiger partial charge >= 0.3 is 5.97 Å². The van der Waals surface area contributed by atoms with Gasteiger partial charge < -0.3 is 15.7 Å². The summed E-state index contributed by atoms with van der Waals surface area (Å²) in [6.07, 6.45) is -0.119. The molecule has 2 unspecified atom stereocenters. The molecule has 0 aromatic heterocycles. The van der Waals surface area contributed by atoms with Crippen LogP contribution in [0.3, 0.4) is 0 Å². The van der Waals surface area contributed by atoms with Gasteiger partial charge in [-0.1, -0.05) is 0 Å². The molecule has 2 rings (SSSR count). The monoisotopic (exact) mass is 184 g/mol. The minimum absolute atomic E-state index is 0.0323. The van der Waals surface area contributed by atoms with E-state index in [9.17, 15) is 14.4 Å². The van der Waals surface area contributed by atoms with Crippen molar-refractivity contribution in [1.82, 2.24) is 10.6 Å². The number of carboxylic acids is 1. The Kier molecular flexibility index (Phi) is 1.37. The molecule has 2 amide bonds. The first kappa shape index (κ1) is 8.03. The van der Waals surface area contributed by atoms with Gasteiger partial charge in [-0.15, -0.1) is 0 Å². The lowest BCUT2D eigenvalue weighted by Gasteiger charge is -2.18. The van der Waals surface area contributed by atoms with Gasteiger partial charge in [0.1, 0.15) is 11.5 Å². The molecule has 0 bridgehead atoms. The predicted octanol–water partition coefficient (Wildman–Crippen LogP) is -1.92. The Morgan fingerprint density at radius 2 is 2.23 bits per heavy atom. The lowest BCUT2D eigenvalue weighted by Crippen LogP contribution is -2.43. The molecule has 0 saturated carbocycles. The maximum absolute atomic E-state index is 11.1. The molecule has 2 saturated heterocycles. The Bertz CT molecular complexity index is 314. The molecule has 0 aromatic rings. The summed E-state index contributed by atoms with van der Waals surface area (Å²) >= 11 is 0. The van der Waals surface area contributed by atoms with Crippen molar-refractivity contribution < 1.29 is 19.5 Å². The van der Waals surface area contributed by atoms with E-state index in [-0.39, 0.29) is 18.9 Å². The van der Waals surface area contributed by atoms with Crippen molar-refractivity contribution in [3.8, 4) is 0 Å². The lowest BCUT2D eigenvalue weighted by molar-refractivity contribution is -0.149. The van der Waals surface area contributed by atoms with Gasteiger partial charge in [0.15, 0.2) is 0 Å². The van der Waals surface area contributed by atoms with E-state index in [1.54, 1.807) is 0 Å². The van der Waals surface area contributed by atoms with E-state index < -0.39 is 23.3 Å². The van der Waals surface area contributed by atoms with Gasteiger partial charge in [-0.25, -0.2) is 0 Å². The number of fused-ring (bicyclic) bond motifs is 1. The first-order valence-corrected chi connectivity index (χ1v) is 3.87. The van der Waals surface area contributed by atoms with Gasteiger partial charge in [0.25, 0.3) is 0 Å². The number of rotatable bonds is 1. The van der Waals surface area contributed by atoms with Gasteiger partial charge in [-0.3, -0.25) is 14.4 Å². The topological polar surface area (TPSA) is 95.5 Å². The van der Waals surface area contributed by atoms with E-state index in [1.165, 1.54) is 0 Å². The van der Waals surface area contributed by atoms with Crippen LogP contribution in [0.2, 0.25) is 0 Å². The van der Waals surface area contributed by atoms with Gasteiger partial charge in [-0.2, -0.15) is 0 Å². The molecule has 0 aliphatic carbocycles. The van der Waals surface area contributed by atoms with Crippen molar-refractivity contribution in [2.45, 2.75) is 12.5 Å². The summed E-state index contributed by atoms with van der Waals surface area (Å²) in [5.74, 6) is -1.88. The van der Waals surface area contributed by atoms with Crippen molar-refractivity contribution in [3.63, 3.8) is 0 Å². The van der Waals surface area contributed by atoms with Gasteiger partial charge in [0.2, 0.25) is 11.8 Å². The highest BCUT2D eigenvalue weighted by Gasteiger charge is 2.60. The van der Waals surface area contributed by atoms with E-state index >= 15 is 0 Å². The number of carbonyl (C=O) groups excluding carboxylic acids is 2. The maximum Gasteiger partial charge on any atom is 0.314 e. The summed E-state index contributed by atoms with van der Waals surface area (Å²) in [6.45, 7) is 0.0323. The molecule has 2 aliphatic heterocycles. The highest BCUT2D eigenvalue weighted by atomic mass is 16.4. The molecular weight excluding hydrogens is 176 g/mol. The highest BCUT2D eigenvalue weighted by molar-refractivity contribution is 6.02. The number of nitrogens with one attached hydrogen (secondary N) is 2. The third kappa shape index (κ3) is 0.851. The third-order valence-electron chi connectivity index (χ3n) is 2.60. The van der Waals surface area contributed by atoms with Crippen LogP contribution in [-0.2, 0) is 14.4 Å². The summed E-state index contributed by atoms with van der Waals surface area (Å²) in [5.41, 5.74) is -1.26. The standard InChI is InChI=1S/C7H8N2O4/c10-3-1-7(6(12)13)2-8-5(11)4(7)9-3/h4H,1-2H2,(H,8,11)(H,9,10)(H,12,13). The summed E-state index contributed by atoms with van der Waals surface area (Å²) in [7, 11) is 0. The minimum Gasteiger partial charge on any atom is -0.481 e. The Hall–Kier alpha value is -1.59. The largest absolute Gasteiger partial charge is 0.481 e. The quantitative estimate of drug-likeness (QED) is 0.442. The fourth-order valence-corrected chi connectivity index (χ4v) is 1.84. The molecule has 2 atom stereocenters. The summed E-state index contributed by atoms with van der Waals surface area (Å²) in [5, 5.41) is 13.7. The van der Waals surface area contributed by atoms with Crippen molar-refractivity contribution in [2.75, 3.05) is 6.54 Å². The van der Waals surface area contributed by atoms with Crippen LogP contribution in [0, 0.1) is 5.41 Å². The van der Waals surface area contributed by atoms with E-state index in [4.69, 9.17) is 5.11 Å². The first-order valence-electron chi connectivity index (χ1n) is 3.87. The van der Waals surface area contributed by atoms with Crippen molar-refractivity contribution in [2.24, 2.45) is 5.41 Å². The summed E-state index contributed by atoms with van der Waals surface area (Å²) in [6, 6.07) is -0.891. The van der Waals surface area contributed by atoms with E-state index in [0.717, 1.165) is 0 Å². The van der Waals surface area contributed by atoms with Crippen molar-refractivity contribution >= 4 is 17.8 Å². The van der Waals surface area contributed by atoms with E-state index in [2.05, 4.69) is 10.6 Å². The molecule has 6 heteroatoms. The van der Waals surface area contributed by atoms with Crippen molar-refractivity contribution in [3.05, 3.63) is 0 Å². The average Bonchev–Trinajstić information content (AvgIpc) is 2.51. The van der Waals surface area contributed by atoms with Crippen LogP contribution in [0.1, 0.15) is 6.42 Å². The number of carbonyl (C=O) groups is 3. The Balaban J connectivity index is 2.40. The van der Waals surface area contributed by atoms with Gasteiger partial charge in [0.05, 0.1) is 0 Å². The molecule has 0 radical (unpaired) electrons. The Morgan fingerprint density at radius 1 is 1.54 bits per heavy atom. The predicted molar refractivity (Wildman–Crippen MR) is 39.6 cm³/mol. The number of hydrogen-bond acceptors (Lipinski definition) is 3. The van der Waals surface area contributed by atoms with Crippen LogP contribution in [0.25, 0.3) is 0 Å². The van der Waals surface area contributed by atoms with Crippen LogP contribution in [0.5, 0.6) is 0 Å². The molecule has 2 fully saturated rings. The molecule has 3 N–H and O–H groups in total. The summed E-state index contributed by atoms with van der Waals surface area (Å²) < 4.78 is 0. The molecule has 0 aromatic carbocycles. The van der Waals surface area contributed by atoms with E-state index in [0.29, 0.717) is 0 Å². The molecule has 6 nitrogen and oxygen atoms in total. The second kappa shape index (κ2) is 2.21. The zero-order chi connectivity index (χ0) is 9.64. The van der Waals surface area contributed by atoms with E-state index in [1.807, 2.05) is 0 Å². The Labute approximate surface area is 73.3 Å². The fourth-order valence-electron chi connectivity index (χ4n) is 1.84. The lowest BCUT2D eigenvalue weighted by atomic mass is 9.83. The SMILES string of the molecule is O=C1CC2(C(=O)O)CNC(=O)C2N1. The molecular formula is C7H8N2O4. The second-order valence-corrected chi connectivity index (χ2v) is 3.36. The number of amides is 2. The first-order chi connectivity index (χ1) is 6.06. The molecule has 13 heavy (non-hydrogen) atoms. The molecule has 0 spiro atoms. The second-order valence-electron chi connectivity index (χ2n) is 3.36. The van der Waals surface area contributed by atoms with Crippen LogP contribution in [0.4, 0.5) is 0 Å². The zero-order valence-electron chi connectivity index (χ0n) is 6.66. The van der Waals surface area contributed by atoms with Crippen LogP contribution < -0.4 is 10.6 Å². The van der Waals surface area contributed by atoms with Crippen molar-refractivity contribution in [1.29, 1.82) is 0 Å². The minimum atomic E-state index is -1.26. The summed E-state index contributed by atoms with van der Waals surface area (Å²) in [4.78, 5) is 33.0. The third-order valence-corrected chi connectivity index (χ3v) is 2.60. The number of carboxylic acid groups (broad SMARTS) is 1.